The Hall–Kier alpha value is -4.64. The average molecular weight is 612 g/mol. The minimum absolute atomic E-state index is 0.141. The highest BCUT2D eigenvalue weighted by atomic mass is 16.5. The van der Waals surface area contributed by atoms with E-state index in [9.17, 15) is 14.7 Å². The van der Waals surface area contributed by atoms with Crippen molar-refractivity contribution in [3.8, 4) is 17.3 Å². The molecule has 11 nitrogen and oxygen atoms in total. The molecule has 4 aromatic rings. The molecule has 3 aliphatic rings. The highest BCUT2D eigenvalue weighted by Gasteiger charge is 2.61. The number of para-hydroxylation sites is 1. The second kappa shape index (κ2) is 10.5. The van der Waals surface area contributed by atoms with Crippen molar-refractivity contribution >= 4 is 17.5 Å². The number of nitrogens with zero attached hydrogens (tertiary/aromatic N) is 2. The van der Waals surface area contributed by atoms with Crippen LogP contribution in [0.2, 0.25) is 0 Å². The first-order valence-corrected chi connectivity index (χ1v) is 15.5. The molecule has 0 saturated carbocycles. The number of amides is 2. The van der Waals surface area contributed by atoms with E-state index in [0.29, 0.717) is 28.9 Å². The number of aliphatic hydroxyl groups is 1. The van der Waals surface area contributed by atoms with Crippen LogP contribution in [0.15, 0.2) is 57.5 Å². The number of ether oxygens (including phenoxy) is 1. The van der Waals surface area contributed by atoms with E-state index in [4.69, 9.17) is 18.6 Å². The third kappa shape index (κ3) is 4.35. The highest BCUT2D eigenvalue weighted by Crippen LogP contribution is 2.59. The summed E-state index contributed by atoms with van der Waals surface area (Å²) in [5.74, 6) is 1.22. The van der Waals surface area contributed by atoms with Crippen molar-refractivity contribution in [2.45, 2.75) is 83.2 Å². The lowest BCUT2D eigenvalue weighted by Crippen LogP contribution is -2.55. The van der Waals surface area contributed by atoms with Gasteiger partial charge in [0.05, 0.1) is 6.20 Å². The lowest BCUT2D eigenvalue weighted by molar-refractivity contribution is -0.143. The summed E-state index contributed by atoms with van der Waals surface area (Å²) in [4.78, 5) is 36.8. The molecule has 234 valence electrons. The van der Waals surface area contributed by atoms with Crippen LogP contribution in [-0.2, 0) is 21.4 Å². The third-order valence-corrected chi connectivity index (χ3v) is 9.46. The van der Waals surface area contributed by atoms with Crippen LogP contribution in [-0.4, -0.2) is 44.8 Å². The van der Waals surface area contributed by atoms with Crippen LogP contribution >= 0.6 is 0 Å². The number of fused-ring (bicyclic) bond motifs is 4. The fourth-order valence-electron chi connectivity index (χ4n) is 6.78. The molecule has 45 heavy (non-hydrogen) atoms. The summed E-state index contributed by atoms with van der Waals surface area (Å²) >= 11 is 0. The maximum absolute atomic E-state index is 14.0. The summed E-state index contributed by atoms with van der Waals surface area (Å²) in [5, 5.41) is 20.5. The fourth-order valence-corrected chi connectivity index (χ4v) is 6.78. The van der Waals surface area contributed by atoms with Crippen molar-refractivity contribution in [2.75, 3.05) is 5.32 Å². The summed E-state index contributed by atoms with van der Waals surface area (Å²) in [7, 11) is 0. The fraction of sp³-hybridized carbons (Fsp3) is 0.412. The zero-order valence-corrected chi connectivity index (χ0v) is 25.9. The maximum atomic E-state index is 14.0. The molecule has 3 unspecified atom stereocenters. The highest BCUT2D eigenvalue weighted by molar-refractivity contribution is 5.91. The van der Waals surface area contributed by atoms with E-state index in [0.717, 1.165) is 22.4 Å². The van der Waals surface area contributed by atoms with Gasteiger partial charge in [-0.2, -0.15) is 0 Å². The first kappa shape index (κ1) is 29.1. The van der Waals surface area contributed by atoms with Gasteiger partial charge in [0, 0.05) is 17.7 Å². The molecule has 4 N–H and O–H groups in total. The Morgan fingerprint density at radius 1 is 1.13 bits per heavy atom. The number of carbonyl (C=O) groups excluding carboxylic acids is 2. The number of hydrogen-bond donors (Lipinski definition) is 4. The van der Waals surface area contributed by atoms with Crippen molar-refractivity contribution < 1.29 is 28.3 Å². The van der Waals surface area contributed by atoms with Crippen molar-refractivity contribution in [2.24, 2.45) is 5.92 Å². The zero-order valence-electron chi connectivity index (χ0n) is 25.9. The lowest BCUT2D eigenvalue weighted by Gasteiger charge is -2.30. The number of benzene rings is 2. The van der Waals surface area contributed by atoms with Gasteiger partial charge in [-0.15, -0.1) is 0 Å². The first-order chi connectivity index (χ1) is 21.6. The van der Waals surface area contributed by atoms with Crippen LogP contribution in [0.4, 0.5) is 5.69 Å². The molecule has 0 fully saturated rings. The number of aromatic nitrogens is 2. The molecule has 1 spiro atoms. The van der Waals surface area contributed by atoms with Gasteiger partial charge in [-0.3, -0.25) is 9.59 Å². The molecule has 3 aliphatic heterocycles. The van der Waals surface area contributed by atoms with E-state index in [1.54, 1.807) is 20.0 Å². The van der Waals surface area contributed by atoms with Crippen molar-refractivity contribution in [1.82, 2.24) is 20.6 Å². The number of rotatable bonds is 6. The van der Waals surface area contributed by atoms with Gasteiger partial charge >= 0.3 is 0 Å². The average Bonchev–Trinajstić information content (AvgIpc) is 3.79. The minimum atomic E-state index is -1.59. The first-order valence-electron chi connectivity index (χ1n) is 15.5. The molecular weight excluding hydrogens is 574 g/mol. The maximum Gasteiger partial charge on any atom is 0.252 e. The molecule has 4 atom stereocenters. The van der Waals surface area contributed by atoms with E-state index in [1.165, 1.54) is 0 Å². The largest absolute Gasteiger partial charge is 0.469 e. The molecule has 0 aliphatic carbocycles. The lowest BCUT2D eigenvalue weighted by atomic mass is 9.72. The molecule has 7 rings (SSSR count). The van der Waals surface area contributed by atoms with Crippen LogP contribution in [0.1, 0.15) is 80.7 Å². The van der Waals surface area contributed by atoms with E-state index < -0.39 is 41.1 Å². The summed E-state index contributed by atoms with van der Waals surface area (Å²) in [5.41, 5.74) is 1.33. The van der Waals surface area contributed by atoms with Gasteiger partial charge in [-0.05, 0) is 48.9 Å². The minimum Gasteiger partial charge on any atom is -0.469 e. The van der Waals surface area contributed by atoms with Crippen LogP contribution in [0.25, 0.3) is 11.6 Å². The summed E-state index contributed by atoms with van der Waals surface area (Å²) in [6.07, 6.45) is 1.69. The van der Waals surface area contributed by atoms with Crippen LogP contribution in [0.3, 0.4) is 0 Å². The molecule has 11 heteroatoms. The number of aryl methyl sites for hydroxylation is 1. The molecule has 2 aromatic carbocycles. The van der Waals surface area contributed by atoms with Gasteiger partial charge in [0.2, 0.25) is 17.7 Å². The molecule has 0 radical (unpaired) electrons. The number of oxazole rings is 2. The van der Waals surface area contributed by atoms with Gasteiger partial charge in [-0.1, -0.05) is 58.0 Å². The number of carbonyl (C=O) groups is 2. The van der Waals surface area contributed by atoms with Crippen molar-refractivity contribution in [3.05, 3.63) is 82.8 Å². The second-order valence-electron chi connectivity index (χ2n) is 12.5. The van der Waals surface area contributed by atoms with E-state index >= 15 is 0 Å². The van der Waals surface area contributed by atoms with E-state index in [-0.39, 0.29) is 31.1 Å². The topological polar surface area (TPSA) is 152 Å². The van der Waals surface area contributed by atoms with E-state index in [1.807, 2.05) is 63.2 Å². The molecule has 2 aromatic heterocycles. The van der Waals surface area contributed by atoms with E-state index in [2.05, 4.69) is 20.9 Å². The van der Waals surface area contributed by atoms with Gasteiger partial charge < -0.3 is 34.6 Å². The molecular formula is C34H37N5O6. The molecule has 0 saturated heterocycles. The van der Waals surface area contributed by atoms with Gasteiger partial charge in [-0.25, -0.2) is 9.97 Å². The summed E-state index contributed by atoms with van der Waals surface area (Å²) in [6, 6.07) is 12.1. The summed E-state index contributed by atoms with van der Waals surface area (Å²) < 4.78 is 19.4. The predicted octanol–water partition coefficient (Wildman–Crippen LogP) is 4.52. The van der Waals surface area contributed by atoms with Crippen molar-refractivity contribution in [3.63, 3.8) is 0 Å². The Labute approximate surface area is 260 Å². The normalized spacial score (nSPS) is 23.3. The Bertz CT molecular complexity index is 1810. The Morgan fingerprint density at radius 3 is 2.62 bits per heavy atom. The quantitative estimate of drug-likeness (QED) is 0.247. The van der Waals surface area contributed by atoms with Gasteiger partial charge in [0.25, 0.3) is 5.91 Å². The third-order valence-electron chi connectivity index (χ3n) is 9.46. The Balaban J connectivity index is 1.47. The Kier molecular flexibility index (Phi) is 6.77. The smallest absolute Gasteiger partial charge is 0.252 e. The predicted molar refractivity (Wildman–Crippen MR) is 164 cm³/mol. The number of anilines is 1. The van der Waals surface area contributed by atoms with Crippen LogP contribution in [0, 0.1) is 12.8 Å². The van der Waals surface area contributed by atoms with Gasteiger partial charge in [0.15, 0.2) is 17.7 Å². The molecule has 2 amide bonds. The van der Waals surface area contributed by atoms with Crippen molar-refractivity contribution in [1.29, 1.82) is 0 Å². The monoisotopic (exact) mass is 611 g/mol. The van der Waals surface area contributed by atoms with Crippen LogP contribution < -0.4 is 20.7 Å². The Morgan fingerprint density at radius 2 is 1.91 bits per heavy atom. The number of hydrogen-bond acceptors (Lipinski definition) is 9. The standard InChI is InChI=1S/C34H37N5O6/c1-6-33(42,7-2)31(41)36-23-15-19-12-13-24-21(14-19)34(20-10-8-9-11-22(20)37-32(34)44-24)27-26(29-35-16-18(5)43-29)39-30(45-27)25(17(3)4)38-28(23)40/h8-14,16-17,23,25,32,37,42H,6-7,15H2,1-5H3,(H,36,41)(H,38,40)/t23?,25-,32?,34?/m0/s1. The SMILES string of the molecule is CCC(O)(CC)C(=O)NC1Cc2ccc3c(c2)C2(c4ccccc4NC2O3)c2oc(nc2-c2ncc(C)o2)[C@H](C(C)C)NC1=O. The van der Waals surface area contributed by atoms with Gasteiger partial charge in [0.1, 0.15) is 34.6 Å². The summed E-state index contributed by atoms with van der Waals surface area (Å²) in [6.45, 7) is 9.23. The number of nitrogens with one attached hydrogen (secondary N) is 3. The van der Waals surface area contributed by atoms with Crippen LogP contribution in [0.5, 0.6) is 5.75 Å². The zero-order chi connectivity index (χ0) is 31.7. The second-order valence-corrected chi connectivity index (χ2v) is 12.5. The molecule has 5 heterocycles. The molecule has 4 bridgehead atoms.